The van der Waals surface area contributed by atoms with Crippen LogP contribution in [0.2, 0.25) is 0 Å². The molecule has 3 N–H and O–H groups in total. The molecule has 1 aliphatic rings. The van der Waals surface area contributed by atoms with Gasteiger partial charge >= 0.3 is 6.03 Å². The van der Waals surface area contributed by atoms with Gasteiger partial charge in [-0.3, -0.25) is 4.79 Å². The number of amides is 3. The standard InChI is InChI=1S/C18H26FN3O4/c1-26-12-16(23)21-13-18(25)6-3-8-22(9-7-18)17(24)20-11-14-4-2-5-15(19)10-14/h2,4-5,10,25H,3,6-9,11-13H2,1H3,(H,20,24)(H,21,23)/t18-/m1/s1. The molecule has 1 heterocycles. The normalized spacial score (nSPS) is 20.3. The minimum absolute atomic E-state index is 0.0509. The fourth-order valence-electron chi connectivity index (χ4n) is 2.94. The van der Waals surface area contributed by atoms with Crippen molar-refractivity contribution in [2.24, 2.45) is 0 Å². The summed E-state index contributed by atoms with van der Waals surface area (Å²) < 4.78 is 17.9. The molecule has 8 heteroatoms. The summed E-state index contributed by atoms with van der Waals surface area (Å²) in [5.41, 5.74) is -0.355. The highest BCUT2D eigenvalue weighted by molar-refractivity contribution is 5.77. The summed E-state index contributed by atoms with van der Waals surface area (Å²) in [5.74, 6) is -0.623. The van der Waals surface area contributed by atoms with Crippen molar-refractivity contribution >= 4 is 11.9 Å². The van der Waals surface area contributed by atoms with Gasteiger partial charge in [-0.15, -0.1) is 0 Å². The molecule has 1 aromatic rings. The molecule has 1 aromatic carbocycles. The number of ether oxygens (including phenoxy) is 1. The predicted octanol–water partition coefficient (Wildman–Crippen LogP) is 1.01. The number of hydrogen-bond acceptors (Lipinski definition) is 4. The monoisotopic (exact) mass is 367 g/mol. The van der Waals surface area contributed by atoms with Gasteiger partial charge in [0.15, 0.2) is 0 Å². The lowest BCUT2D eigenvalue weighted by Gasteiger charge is -2.27. The number of urea groups is 1. The number of halogens is 1. The van der Waals surface area contributed by atoms with Gasteiger partial charge in [-0.05, 0) is 37.0 Å². The Morgan fingerprint density at radius 2 is 2.12 bits per heavy atom. The number of likely N-dealkylation sites (tertiary alicyclic amines) is 1. The topological polar surface area (TPSA) is 90.9 Å². The molecule has 0 spiro atoms. The van der Waals surface area contributed by atoms with E-state index in [0.717, 1.165) is 0 Å². The molecule has 1 atom stereocenters. The lowest BCUT2D eigenvalue weighted by Crippen LogP contribution is -2.45. The maximum atomic E-state index is 13.2. The quantitative estimate of drug-likeness (QED) is 0.700. The van der Waals surface area contributed by atoms with Gasteiger partial charge in [0.25, 0.3) is 0 Å². The Bertz CT molecular complexity index is 628. The van der Waals surface area contributed by atoms with Crippen molar-refractivity contribution < 1.29 is 23.8 Å². The second-order valence-electron chi connectivity index (χ2n) is 6.56. The first-order valence-corrected chi connectivity index (χ1v) is 8.67. The minimum Gasteiger partial charge on any atom is -0.388 e. The van der Waals surface area contributed by atoms with E-state index in [0.29, 0.717) is 37.9 Å². The van der Waals surface area contributed by atoms with Crippen LogP contribution >= 0.6 is 0 Å². The second kappa shape index (κ2) is 9.49. The number of nitrogens with zero attached hydrogens (tertiary/aromatic N) is 1. The summed E-state index contributed by atoms with van der Waals surface area (Å²) in [6.45, 7) is 1.22. The Hall–Kier alpha value is -2.19. The molecule has 1 fully saturated rings. The van der Waals surface area contributed by atoms with Gasteiger partial charge in [0.05, 0.1) is 5.60 Å². The van der Waals surface area contributed by atoms with Gasteiger partial charge < -0.3 is 25.4 Å². The van der Waals surface area contributed by atoms with Crippen LogP contribution in [0.1, 0.15) is 24.8 Å². The number of aliphatic hydroxyl groups is 1. The van der Waals surface area contributed by atoms with E-state index in [1.807, 2.05) is 0 Å². The molecule has 2 rings (SSSR count). The zero-order valence-electron chi connectivity index (χ0n) is 15.0. The van der Waals surface area contributed by atoms with E-state index in [9.17, 15) is 19.1 Å². The molecule has 7 nitrogen and oxygen atoms in total. The molecule has 144 valence electrons. The summed E-state index contributed by atoms with van der Waals surface area (Å²) in [6, 6.07) is 5.83. The van der Waals surface area contributed by atoms with Gasteiger partial charge in [-0.2, -0.15) is 0 Å². The highest BCUT2D eigenvalue weighted by Gasteiger charge is 2.31. The lowest BCUT2D eigenvalue weighted by molar-refractivity contribution is -0.126. The van der Waals surface area contributed by atoms with Gasteiger partial charge in [-0.25, -0.2) is 9.18 Å². The van der Waals surface area contributed by atoms with Crippen molar-refractivity contribution in [3.8, 4) is 0 Å². The third kappa shape index (κ3) is 6.27. The lowest BCUT2D eigenvalue weighted by atomic mass is 9.95. The molecule has 1 aliphatic heterocycles. The average molecular weight is 367 g/mol. The Labute approximate surface area is 152 Å². The number of methoxy groups -OCH3 is 1. The van der Waals surface area contributed by atoms with Gasteiger partial charge in [0.2, 0.25) is 5.91 Å². The Kier molecular flexibility index (Phi) is 7.35. The van der Waals surface area contributed by atoms with Crippen LogP contribution in [0.5, 0.6) is 0 Å². The van der Waals surface area contributed by atoms with Gasteiger partial charge in [0.1, 0.15) is 12.4 Å². The maximum absolute atomic E-state index is 13.2. The van der Waals surface area contributed by atoms with Crippen LogP contribution in [0.15, 0.2) is 24.3 Å². The van der Waals surface area contributed by atoms with E-state index in [4.69, 9.17) is 4.74 Å². The van der Waals surface area contributed by atoms with E-state index in [1.165, 1.54) is 19.2 Å². The molecular weight excluding hydrogens is 341 g/mol. The maximum Gasteiger partial charge on any atom is 0.317 e. The van der Waals surface area contributed by atoms with Crippen molar-refractivity contribution in [1.29, 1.82) is 0 Å². The van der Waals surface area contributed by atoms with E-state index in [1.54, 1.807) is 17.0 Å². The van der Waals surface area contributed by atoms with Gasteiger partial charge in [-0.1, -0.05) is 12.1 Å². The van der Waals surface area contributed by atoms with E-state index < -0.39 is 5.60 Å². The molecule has 0 bridgehead atoms. The predicted molar refractivity (Wildman–Crippen MR) is 93.9 cm³/mol. The molecule has 0 unspecified atom stereocenters. The first-order chi connectivity index (χ1) is 12.4. The van der Waals surface area contributed by atoms with E-state index >= 15 is 0 Å². The summed E-state index contributed by atoms with van der Waals surface area (Å²) >= 11 is 0. The third-order valence-electron chi connectivity index (χ3n) is 4.43. The number of nitrogens with one attached hydrogen (secondary N) is 2. The highest BCUT2D eigenvalue weighted by atomic mass is 19.1. The van der Waals surface area contributed by atoms with Gasteiger partial charge in [0, 0.05) is 33.3 Å². The van der Waals surface area contributed by atoms with Crippen LogP contribution in [0.4, 0.5) is 9.18 Å². The minimum atomic E-state index is -1.04. The first kappa shape index (κ1) is 20.1. The first-order valence-electron chi connectivity index (χ1n) is 8.67. The molecule has 0 aromatic heterocycles. The SMILES string of the molecule is COCC(=O)NC[C@@]1(O)CCCN(C(=O)NCc2cccc(F)c2)CC1. The number of hydrogen-bond donors (Lipinski definition) is 3. The average Bonchev–Trinajstić information content (AvgIpc) is 2.81. The summed E-state index contributed by atoms with van der Waals surface area (Å²) in [7, 11) is 1.43. The van der Waals surface area contributed by atoms with Crippen LogP contribution in [0, 0.1) is 5.82 Å². The molecular formula is C18H26FN3O4. The molecule has 0 aliphatic carbocycles. The number of rotatable bonds is 6. The van der Waals surface area contributed by atoms with Crippen molar-refractivity contribution in [3.63, 3.8) is 0 Å². The zero-order valence-corrected chi connectivity index (χ0v) is 15.0. The smallest absolute Gasteiger partial charge is 0.317 e. The van der Waals surface area contributed by atoms with Crippen LogP contribution in [0.25, 0.3) is 0 Å². The molecule has 0 radical (unpaired) electrons. The number of carbonyl (C=O) groups excluding carboxylic acids is 2. The van der Waals surface area contributed by atoms with Crippen LogP contribution in [-0.2, 0) is 16.1 Å². The van der Waals surface area contributed by atoms with Crippen LogP contribution in [-0.4, -0.2) is 60.9 Å². The summed E-state index contributed by atoms with van der Waals surface area (Å²) in [5, 5.41) is 16.1. The Balaban J connectivity index is 1.81. The largest absolute Gasteiger partial charge is 0.388 e. The zero-order chi connectivity index (χ0) is 19.0. The van der Waals surface area contributed by atoms with Crippen molar-refractivity contribution in [3.05, 3.63) is 35.6 Å². The molecule has 26 heavy (non-hydrogen) atoms. The van der Waals surface area contributed by atoms with Crippen LogP contribution in [0.3, 0.4) is 0 Å². The van der Waals surface area contributed by atoms with Crippen LogP contribution < -0.4 is 10.6 Å². The Morgan fingerprint density at radius 1 is 1.31 bits per heavy atom. The molecule has 3 amide bonds. The fourth-order valence-corrected chi connectivity index (χ4v) is 2.94. The van der Waals surface area contributed by atoms with Crippen molar-refractivity contribution in [1.82, 2.24) is 15.5 Å². The van der Waals surface area contributed by atoms with E-state index in [-0.39, 0.29) is 37.5 Å². The van der Waals surface area contributed by atoms with Crippen molar-refractivity contribution in [2.75, 3.05) is 33.4 Å². The van der Waals surface area contributed by atoms with Crippen molar-refractivity contribution in [2.45, 2.75) is 31.4 Å². The summed E-state index contributed by atoms with van der Waals surface area (Å²) in [6.07, 6.45) is 1.49. The number of benzene rings is 1. The number of carbonyl (C=O) groups is 2. The highest BCUT2D eigenvalue weighted by Crippen LogP contribution is 2.21. The van der Waals surface area contributed by atoms with E-state index in [2.05, 4.69) is 10.6 Å². The molecule has 0 saturated carbocycles. The molecule has 1 saturated heterocycles. The fraction of sp³-hybridized carbons (Fsp3) is 0.556. The summed E-state index contributed by atoms with van der Waals surface area (Å²) in [4.78, 5) is 25.4. The third-order valence-corrected chi connectivity index (χ3v) is 4.43. The second-order valence-corrected chi connectivity index (χ2v) is 6.56. The Morgan fingerprint density at radius 3 is 2.85 bits per heavy atom.